The van der Waals surface area contributed by atoms with Crippen molar-refractivity contribution in [1.82, 2.24) is 0 Å². The Bertz CT molecular complexity index is 314. The van der Waals surface area contributed by atoms with E-state index in [0.717, 1.165) is 27.3 Å². The molecule has 0 aliphatic rings. The highest BCUT2D eigenvalue weighted by Crippen LogP contribution is 2.30. The third-order valence-electron chi connectivity index (χ3n) is 2.26. The average Bonchev–Trinajstić information content (AvgIpc) is 2.20. The van der Waals surface area contributed by atoms with E-state index in [4.69, 9.17) is 17.3 Å². The van der Waals surface area contributed by atoms with Gasteiger partial charge in [0, 0.05) is 16.3 Å². The first kappa shape index (κ1) is 12.7. The van der Waals surface area contributed by atoms with E-state index in [0.29, 0.717) is 0 Å². The van der Waals surface area contributed by atoms with Crippen molar-refractivity contribution in [3.05, 3.63) is 23.2 Å². The zero-order valence-electron chi connectivity index (χ0n) is 9.29. The van der Waals surface area contributed by atoms with Gasteiger partial charge in [-0.05, 0) is 24.1 Å². The van der Waals surface area contributed by atoms with Crippen LogP contribution in [-0.2, 0) is 0 Å². The van der Waals surface area contributed by atoms with Gasteiger partial charge in [-0.1, -0.05) is 38.3 Å². The molecule has 1 unspecified atom stereocenters. The SMILES string of the molecule is CCCC(C)CSc1cc(N)ccc1Cl. The van der Waals surface area contributed by atoms with Crippen molar-refractivity contribution in [2.75, 3.05) is 11.5 Å². The molecular formula is C12H18ClNS. The van der Waals surface area contributed by atoms with E-state index in [1.807, 2.05) is 18.2 Å². The van der Waals surface area contributed by atoms with Gasteiger partial charge < -0.3 is 5.73 Å². The Labute approximate surface area is 101 Å². The summed E-state index contributed by atoms with van der Waals surface area (Å²) < 4.78 is 0. The van der Waals surface area contributed by atoms with Crippen LogP contribution in [0.2, 0.25) is 5.02 Å². The third-order valence-corrected chi connectivity index (χ3v) is 4.09. The second-order valence-corrected chi connectivity index (χ2v) is 5.36. The van der Waals surface area contributed by atoms with Gasteiger partial charge in [0.05, 0.1) is 5.02 Å². The minimum absolute atomic E-state index is 0.734. The Balaban J connectivity index is 2.53. The first-order valence-electron chi connectivity index (χ1n) is 5.31. The van der Waals surface area contributed by atoms with Crippen LogP contribution in [0.3, 0.4) is 0 Å². The molecule has 0 aromatic heterocycles. The minimum atomic E-state index is 0.734. The summed E-state index contributed by atoms with van der Waals surface area (Å²) in [6.07, 6.45) is 2.51. The van der Waals surface area contributed by atoms with Crippen molar-refractivity contribution in [2.24, 2.45) is 5.92 Å². The molecular weight excluding hydrogens is 226 g/mol. The highest BCUT2D eigenvalue weighted by atomic mass is 35.5. The van der Waals surface area contributed by atoms with Gasteiger partial charge in [0.15, 0.2) is 0 Å². The maximum absolute atomic E-state index is 6.08. The molecule has 0 heterocycles. The number of halogens is 1. The van der Waals surface area contributed by atoms with E-state index < -0.39 is 0 Å². The van der Waals surface area contributed by atoms with Crippen molar-refractivity contribution in [3.8, 4) is 0 Å². The summed E-state index contributed by atoms with van der Waals surface area (Å²) in [6, 6.07) is 5.65. The highest BCUT2D eigenvalue weighted by molar-refractivity contribution is 7.99. The molecule has 0 saturated heterocycles. The fraction of sp³-hybridized carbons (Fsp3) is 0.500. The second kappa shape index (κ2) is 6.29. The monoisotopic (exact) mass is 243 g/mol. The minimum Gasteiger partial charge on any atom is -0.399 e. The summed E-state index contributed by atoms with van der Waals surface area (Å²) in [7, 11) is 0. The molecule has 15 heavy (non-hydrogen) atoms. The van der Waals surface area contributed by atoms with Gasteiger partial charge in [0.2, 0.25) is 0 Å². The lowest BCUT2D eigenvalue weighted by Gasteiger charge is -2.10. The van der Waals surface area contributed by atoms with Gasteiger partial charge in [0.25, 0.3) is 0 Å². The van der Waals surface area contributed by atoms with E-state index >= 15 is 0 Å². The van der Waals surface area contributed by atoms with E-state index in [2.05, 4.69) is 13.8 Å². The molecule has 0 spiro atoms. The summed E-state index contributed by atoms with van der Waals surface area (Å²) >= 11 is 7.88. The van der Waals surface area contributed by atoms with E-state index in [-0.39, 0.29) is 0 Å². The number of hydrogen-bond donors (Lipinski definition) is 1. The summed E-state index contributed by atoms with van der Waals surface area (Å²) in [4.78, 5) is 1.10. The van der Waals surface area contributed by atoms with Crippen molar-refractivity contribution >= 4 is 29.1 Å². The maximum Gasteiger partial charge on any atom is 0.0543 e. The van der Waals surface area contributed by atoms with Crippen molar-refractivity contribution in [3.63, 3.8) is 0 Å². The molecule has 1 aromatic carbocycles. The number of thioether (sulfide) groups is 1. The van der Waals surface area contributed by atoms with Crippen LogP contribution in [0, 0.1) is 5.92 Å². The van der Waals surface area contributed by atoms with E-state index in [1.54, 1.807) is 11.8 Å². The molecule has 0 aliphatic heterocycles. The number of benzene rings is 1. The summed E-state index contributed by atoms with van der Waals surface area (Å²) in [5.41, 5.74) is 6.50. The van der Waals surface area contributed by atoms with Crippen molar-refractivity contribution in [2.45, 2.75) is 31.6 Å². The fourth-order valence-corrected chi connectivity index (χ4v) is 2.78. The van der Waals surface area contributed by atoms with E-state index in [9.17, 15) is 0 Å². The normalized spacial score (nSPS) is 12.7. The van der Waals surface area contributed by atoms with E-state index in [1.165, 1.54) is 12.8 Å². The largest absolute Gasteiger partial charge is 0.399 e. The zero-order valence-corrected chi connectivity index (χ0v) is 10.9. The Morgan fingerprint density at radius 2 is 2.20 bits per heavy atom. The lowest BCUT2D eigenvalue weighted by atomic mass is 10.1. The van der Waals surface area contributed by atoms with Crippen LogP contribution in [0.4, 0.5) is 5.69 Å². The molecule has 1 atom stereocenters. The molecule has 2 N–H and O–H groups in total. The topological polar surface area (TPSA) is 26.0 Å². The van der Waals surface area contributed by atoms with Crippen molar-refractivity contribution in [1.29, 1.82) is 0 Å². The molecule has 0 fully saturated rings. The molecule has 1 aromatic rings. The molecule has 0 bridgehead atoms. The van der Waals surface area contributed by atoms with Gasteiger partial charge in [-0.2, -0.15) is 0 Å². The Hall–Kier alpha value is -0.340. The third kappa shape index (κ3) is 4.35. The molecule has 3 heteroatoms. The average molecular weight is 244 g/mol. The predicted molar refractivity (Wildman–Crippen MR) is 70.7 cm³/mol. The van der Waals surface area contributed by atoms with Crippen LogP contribution in [0.5, 0.6) is 0 Å². The highest BCUT2D eigenvalue weighted by Gasteiger charge is 2.05. The Morgan fingerprint density at radius 3 is 2.87 bits per heavy atom. The number of nitrogen functional groups attached to an aromatic ring is 1. The smallest absolute Gasteiger partial charge is 0.0543 e. The standard InChI is InChI=1S/C12H18ClNS/c1-3-4-9(2)8-15-12-7-10(14)5-6-11(12)13/h5-7,9H,3-4,8,14H2,1-2H3. The lowest BCUT2D eigenvalue weighted by molar-refractivity contribution is 0.585. The van der Waals surface area contributed by atoms with Crippen LogP contribution in [0.25, 0.3) is 0 Å². The molecule has 84 valence electrons. The fourth-order valence-electron chi connectivity index (χ4n) is 1.44. The van der Waals surface area contributed by atoms with Gasteiger partial charge >= 0.3 is 0 Å². The first-order chi connectivity index (χ1) is 7.13. The number of nitrogens with two attached hydrogens (primary N) is 1. The van der Waals surface area contributed by atoms with Gasteiger partial charge in [-0.3, -0.25) is 0 Å². The first-order valence-corrected chi connectivity index (χ1v) is 6.67. The molecule has 1 nitrogen and oxygen atoms in total. The number of rotatable bonds is 5. The van der Waals surface area contributed by atoms with Crippen molar-refractivity contribution < 1.29 is 0 Å². The quantitative estimate of drug-likeness (QED) is 0.611. The maximum atomic E-state index is 6.08. The summed E-state index contributed by atoms with van der Waals surface area (Å²) in [5.74, 6) is 1.84. The van der Waals surface area contributed by atoms with Crippen LogP contribution in [0.15, 0.2) is 23.1 Å². The second-order valence-electron chi connectivity index (χ2n) is 3.89. The van der Waals surface area contributed by atoms with Crippen LogP contribution < -0.4 is 5.73 Å². The zero-order chi connectivity index (χ0) is 11.3. The summed E-state index contributed by atoms with van der Waals surface area (Å²) in [5, 5.41) is 0.804. The van der Waals surface area contributed by atoms with Crippen LogP contribution in [0.1, 0.15) is 26.7 Å². The predicted octanol–water partition coefficient (Wildman–Crippen LogP) is 4.45. The Morgan fingerprint density at radius 1 is 1.47 bits per heavy atom. The summed E-state index contributed by atoms with van der Waals surface area (Å²) in [6.45, 7) is 4.49. The molecule has 1 rings (SSSR count). The van der Waals surface area contributed by atoms with Gasteiger partial charge in [0.1, 0.15) is 0 Å². The van der Waals surface area contributed by atoms with Gasteiger partial charge in [-0.15, -0.1) is 11.8 Å². The Kier molecular flexibility index (Phi) is 5.34. The lowest BCUT2D eigenvalue weighted by Crippen LogP contribution is -1.97. The molecule has 0 aliphatic carbocycles. The van der Waals surface area contributed by atoms with Crippen LogP contribution in [-0.4, -0.2) is 5.75 Å². The molecule has 0 radical (unpaired) electrons. The van der Waals surface area contributed by atoms with Gasteiger partial charge in [-0.25, -0.2) is 0 Å². The molecule has 0 saturated carbocycles. The number of anilines is 1. The number of hydrogen-bond acceptors (Lipinski definition) is 2. The molecule has 0 amide bonds. The van der Waals surface area contributed by atoms with Crippen LogP contribution >= 0.6 is 23.4 Å².